The number of rotatable bonds is 4. The highest BCUT2D eigenvalue weighted by Crippen LogP contribution is 2.32. The zero-order valence-corrected chi connectivity index (χ0v) is 15.1. The lowest BCUT2D eigenvalue weighted by Crippen LogP contribution is -2.13. The van der Waals surface area contributed by atoms with Crippen molar-refractivity contribution in [2.75, 3.05) is 11.6 Å². The van der Waals surface area contributed by atoms with Crippen molar-refractivity contribution in [3.63, 3.8) is 0 Å². The number of halogens is 3. The second-order valence-electron chi connectivity index (χ2n) is 5.87. The molecule has 0 spiro atoms. The molecule has 0 atom stereocenters. The van der Waals surface area contributed by atoms with Gasteiger partial charge in [-0.3, -0.25) is 4.79 Å². The summed E-state index contributed by atoms with van der Waals surface area (Å²) in [5.74, 6) is -0.773. The third-order valence-electron chi connectivity index (χ3n) is 3.82. The molecule has 1 aromatic heterocycles. The van der Waals surface area contributed by atoms with Gasteiger partial charge in [0, 0.05) is 17.5 Å². The smallest absolute Gasteiger partial charge is 0.355 e. The largest absolute Gasteiger partial charge is 0.416 e. The molecule has 2 aromatic carbocycles. The molecule has 1 N–H and O–H groups in total. The molecule has 3 rings (SSSR count). The van der Waals surface area contributed by atoms with E-state index in [4.69, 9.17) is 4.52 Å². The van der Waals surface area contributed by atoms with E-state index < -0.39 is 27.5 Å². The number of nitrogens with one attached hydrogen (secondary N) is 1. The highest BCUT2D eigenvalue weighted by Gasteiger charge is 2.30. The predicted octanol–water partition coefficient (Wildman–Crippen LogP) is 4.02. The van der Waals surface area contributed by atoms with E-state index in [1.54, 1.807) is 6.07 Å². The molecule has 0 aliphatic heterocycles. The number of sulfone groups is 1. The molecule has 0 radical (unpaired) electrons. The van der Waals surface area contributed by atoms with Gasteiger partial charge < -0.3 is 9.84 Å². The lowest BCUT2D eigenvalue weighted by atomic mass is 10.1. The summed E-state index contributed by atoms with van der Waals surface area (Å²) >= 11 is 0. The first-order chi connectivity index (χ1) is 13.1. The van der Waals surface area contributed by atoms with Crippen LogP contribution in [0.15, 0.2) is 64.1 Å². The molecule has 6 nitrogen and oxygen atoms in total. The minimum atomic E-state index is -4.49. The van der Waals surface area contributed by atoms with E-state index in [1.165, 1.54) is 18.2 Å². The van der Waals surface area contributed by atoms with E-state index in [1.807, 2.05) is 0 Å². The SMILES string of the molecule is CS(=O)(=O)c1ccccc1-c1oncc1C(=O)Nc1ccc(C(F)(F)F)cc1. The lowest BCUT2D eigenvalue weighted by molar-refractivity contribution is -0.137. The molecule has 0 aliphatic carbocycles. The van der Waals surface area contributed by atoms with Crippen molar-refractivity contribution in [1.29, 1.82) is 0 Å². The Balaban J connectivity index is 1.92. The highest BCUT2D eigenvalue weighted by molar-refractivity contribution is 7.90. The topological polar surface area (TPSA) is 89.3 Å². The minimum Gasteiger partial charge on any atom is -0.355 e. The zero-order valence-electron chi connectivity index (χ0n) is 14.3. The summed E-state index contributed by atoms with van der Waals surface area (Å²) in [6.45, 7) is 0. The van der Waals surface area contributed by atoms with Crippen LogP contribution in [-0.4, -0.2) is 25.7 Å². The number of nitrogens with zero attached hydrogens (tertiary/aromatic N) is 1. The third kappa shape index (κ3) is 4.06. The van der Waals surface area contributed by atoms with Crippen LogP contribution in [0.1, 0.15) is 15.9 Å². The summed E-state index contributed by atoms with van der Waals surface area (Å²) < 4.78 is 66.9. The monoisotopic (exact) mass is 410 g/mol. The molecule has 28 heavy (non-hydrogen) atoms. The van der Waals surface area contributed by atoms with Gasteiger partial charge in [0.1, 0.15) is 5.56 Å². The molecule has 0 saturated carbocycles. The number of aromatic nitrogens is 1. The zero-order chi connectivity index (χ0) is 20.5. The molecular weight excluding hydrogens is 397 g/mol. The van der Waals surface area contributed by atoms with Crippen LogP contribution in [0.5, 0.6) is 0 Å². The first-order valence-electron chi connectivity index (χ1n) is 7.80. The van der Waals surface area contributed by atoms with Crippen molar-refractivity contribution in [3.8, 4) is 11.3 Å². The Morgan fingerprint density at radius 3 is 2.32 bits per heavy atom. The maximum Gasteiger partial charge on any atom is 0.416 e. The van der Waals surface area contributed by atoms with Gasteiger partial charge in [-0.1, -0.05) is 17.3 Å². The summed E-state index contributed by atoms with van der Waals surface area (Å²) in [7, 11) is -3.61. The summed E-state index contributed by atoms with van der Waals surface area (Å²) in [5, 5.41) is 5.99. The summed E-state index contributed by atoms with van der Waals surface area (Å²) in [6.07, 6.45) is -2.36. The number of alkyl halides is 3. The van der Waals surface area contributed by atoms with Crippen molar-refractivity contribution in [2.45, 2.75) is 11.1 Å². The van der Waals surface area contributed by atoms with E-state index in [-0.39, 0.29) is 27.5 Å². The first kappa shape index (κ1) is 19.6. The number of hydrogen-bond donors (Lipinski definition) is 1. The third-order valence-corrected chi connectivity index (χ3v) is 4.97. The van der Waals surface area contributed by atoms with Gasteiger partial charge in [-0.2, -0.15) is 13.2 Å². The molecule has 0 saturated heterocycles. The molecule has 0 bridgehead atoms. The van der Waals surface area contributed by atoms with Crippen molar-refractivity contribution in [2.24, 2.45) is 0 Å². The maximum atomic E-state index is 12.6. The number of amides is 1. The van der Waals surface area contributed by atoms with Crippen LogP contribution in [0.25, 0.3) is 11.3 Å². The highest BCUT2D eigenvalue weighted by atomic mass is 32.2. The molecule has 1 amide bonds. The van der Waals surface area contributed by atoms with Gasteiger partial charge in [0.2, 0.25) is 0 Å². The second-order valence-corrected chi connectivity index (χ2v) is 7.85. The van der Waals surface area contributed by atoms with Crippen LogP contribution in [-0.2, 0) is 16.0 Å². The van der Waals surface area contributed by atoms with Gasteiger partial charge in [0.25, 0.3) is 5.91 Å². The van der Waals surface area contributed by atoms with Gasteiger partial charge in [-0.05, 0) is 36.4 Å². The molecule has 146 valence electrons. The fraction of sp³-hybridized carbons (Fsp3) is 0.111. The van der Waals surface area contributed by atoms with Crippen LogP contribution in [0.2, 0.25) is 0 Å². The minimum absolute atomic E-state index is 0.0460. The number of hydrogen-bond acceptors (Lipinski definition) is 5. The normalized spacial score (nSPS) is 12.0. The van der Waals surface area contributed by atoms with Gasteiger partial charge in [0.15, 0.2) is 15.6 Å². The number of benzene rings is 2. The molecule has 0 aliphatic rings. The molecule has 0 unspecified atom stereocenters. The van der Waals surface area contributed by atoms with Gasteiger partial charge >= 0.3 is 6.18 Å². The Hall–Kier alpha value is -3.14. The standard InChI is InChI=1S/C18H13F3N2O4S/c1-28(25,26)15-5-3-2-4-13(15)16-14(10-22-27-16)17(24)23-12-8-6-11(7-9-12)18(19,20)21/h2-10H,1H3,(H,23,24). The van der Waals surface area contributed by atoms with Crippen molar-refractivity contribution in [1.82, 2.24) is 5.16 Å². The Bertz CT molecular complexity index is 1120. The van der Waals surface area contributed by atoms with Gasteiger partial charge in [-0.25, -0.2) is 8.42 Å². The summed E-state index contributed by atoms with van der Waals surface area (Å²) in [6, 6.07) is 9.82. The fourth-order valence-corrected chi connectivity index (χ4v) is 3.40. The van der Waals surface area contributed by atoms with E-state index in [2.05, 4.69) is 10.5 Å². The fourth-order valence-electron chi connectivity index (χ4n) is 2.51. The van der Waals surface area contributed by atoms with Crippen molar-refractivity contribution < 1.29 is 30.9 Å². The van der Waals surface area contributed by atoms with E-state index in [9.17, 15) is 26.4 Å². The average Bonchev–Trinajstić information content (AvgIpc) is 3.10. The Morgan fingerprint density at radius 1 is 1.07 bits per heavy atom. The van der Waals surface area contributed by atoms with Gasteiger partial charge in [0.05, 0.1) is 16.7 Å². The van der Waals surface area contributed by atoms with Crippen LogP contribution in [0, 0.1) is 0 Å². The molecule has 1 heterocycles. The van der Waals surface area contributed by atoms with Crippen LogP contribution >= 0.6 is 0 Å². The van der Waals surface area contributed by atoms with Crippen LogP contribution < -0.4 is 5.32 Å². The number of carbonyl (C=O) groups is 1. The molecule has 3 aromatic rings. The molecule has 0 fully saturated rings. The summed E-state index contributed by atoms with van der Waals surface area (Å²) in [4.78, 5) is 12.5. The van der Waals surface area contributed by atoms with E-state index in [0.717, 1.165) is 36.7 Å². The Kier molecular flexibility index (Phi) is 4.99. The maximum absolute atomic E-state index is 12.6. The molecule has 10 heteroatoms. The summed E-state index contributed by atoms with van der Waals surface area (Å²) in [5.41, 5.74) is -0.629. The number of anilines is 1. The first-order valence-corrected chi connectivity index (χ1v) is 9.69. The Labute approximate surface area is 157 Å². The quantitative estimate of drug-likeness (QED) is 0.702. The van der Waals surface area contributed by atoms with Crippen molar-refractivity contribution >= 4 is 21.4 Å². The Morgan fingerprint density at radius 2 is 1.71 bits per heavy atom. The van der Waals surface area contributed by atoms with E-state index in [0.29, 0.717) is 0 Å². The molecular formula is C18H13F3N2O4S. The second kappa shape index (κ2) is 7.12. The average molecular weight is 410 g/mol. The van der Waals surface area contributed by atoms with Crippen LogP contribution in [0.3, 0.4) is 0 Å². The predicted molar refractivity (Wildman–Crippen MR) is 94.4 cm³/mol. The van der Waals surface area contributed by atoms with Gasteiger partial charge in [-0.15, -0.1) is 0 Å². The van der Waals surface area contributed by atoms with Crippen molar-refractivity contribution in [3.05, 3.63) is 65.9 Å². The van der Waals surface area contributed by atoms with E-state index >= 15 is 0 Å². The van der Waals surface area contributed by atoms with Crippen LogP contribution in [0.4, 0.5) is 18.9 Å². The lowest BCUT2D eigenvalue weighted by Gasteiger charge is -2.09. The number of carbonyl (C=O) groups excluding carboxylic acids is 1.